The molecule has 1 fully saturated rings. The van der Waals surface area contributed by atoms with E-state index in [1.165, 1.54) is 0 Å². The van der Waals surface area contributed by atoms with Gasteiger partial charge in [0.2, 0.25) is 0 Å². The molecule has 1 saturated heterocycles. The standard InChI is InChI=1S/C29H30ClN3O2/c1-20(2)33-15-13-29(19-31,14-16-33)25-18-23(10-12-27(25)35-3)32-28(34)24-11-9-22(17-26(24)30)21-7-5-4-6-8-21/h4-12,17-18,20H,13-16H2,1-3H3,(H,32,34). The van der Waals surface area contributed by atoms with Crippen molar-refractivity contribution in [1.29, 1.82) is 5.26 Å². The van der Waals surface area contributed by atoms with E-state index in [1.807, 2.05) is 48.5 Å². The van der Waals surface area contributed by atoms with Crippen LogP contribution in [0.5, 0.6) is 5.75 Å². The van der Waals surface area contributed by atoms with Crippen LogP contribution in [0.2, 0.25) is 5.02 Å². The minimum Gasteiger partial charge on any atom is -0.496 e. The number of nitrogens with zero attached hydrogens (tertiary/aromatic N) is 2. The van der Waals surface area contributed by atoms with E-state index in [4.69, 9.17) is 16.3 Å². The Morgan fingerprint density at radius 3 is 2.37 bits per heavy atom. The van der Waals surface area contributed by atoms with Crippen molar-refractivity contribution in [3.8, 4) is 22.9 Å². The maximum atomic E-state index is 13.1. The van der Waals surface area contributed by atoms with Gasteiger partial charge in [-0.1, -0.05) is 48.0 Å². The molecule has 0 spiro atoms. The predicted molar refractivity (Wildman–Crippen MR) is 141 cm³/mol. The normalized spacial score (nSPS) is 15.4. The molecule has 4 rings (SSSR count). The molecule has 1 amide bonds. The molecule has 3 aromatic rings. The van der Waals surface area contributed by atoms with Crippen LogP contribution in [-0.4, -0.2) is 37.0 Å². The lowest BCUT2D eigenvalue weighted by molar-refractivity contribution is 0.102. The second-order valence-corrected chi connectivity index (χ2v) is 9.66. The Morgan fingerprint density at radius 2 is 1.77 bits per heavy atom. The lowest BCUT2D eigenvalue weighted by Crippen LogP contribution is -2.44. The Balaban J connectivity index is 1.58. The number of benzene rings is 3. The van der Waals surface area contributed by atoms with Crippen LogP contribution in [0.25, 0.3) is 11.1 Å². The summed E-state index contributed by atoms with van der Waals surface area (Å²) in [6, 6.07) is 23.8. The lowest BCUT2D eigenvalue weighted by atomic mass is 9.73. The van der Waals surface area contributed by atoms with Gasteiger partial charge in [-0.2, -0.15) is 5.26 Å². The highest BCUT2D eigenvalue weighted by molar-refractivity contribution is 6.34. The minimum absolute atomic E-state index is 0.300. The second kappa shape index (κ2) is 10.5. The van der Waals surface area contributed by atoms with Crippen molar-refractivity contribution >= 4 is 23.2 Å². The highest BCUT2D eigenvalue weighted by Gasteiger charge is 2.39. The summed E-state index contributed by atoms with van der Waals surface area (Å²) in [5.74, 6) is 0.360. The van der Waals surface area contributed by atoms with Crippen molar-refractivity contribution in [1.82, 2.24) is 4.90 Å². The molecular formula is C29H30ClN3O2. The molecule has 0 radical (unpaired) electrons. The summed E-state index contributed by atoms with van der Waals surface area (Å²) in [4.78, 5) is 15.5. The number of nitrogens with one attached hydrogen (secondary N) is 1. The molecule has 5 nitrogen and oxygen atoms in total. The summed E-state index contributed by atoms with van der Waals surface area (Å²) in [5, 5.41) is 13.6. The Morgan fingerprint density at radius 1 is 1.06 bits per heavy atom. The van der Waals surface area contributed by atoms with E-state index >= 15 is 0 Å². The molecule has 3 aromatic carbocycles. The van der Waals surface area contributed by atoms with Gasteiger partial charge in [0.05, 0.1) is 29.2 Å². The van der Waals surface area contributed by atoms with Crippen LogP contribution in [0.4, 0.5) is 5.69 Å². The van der Waals surface area contributed by atoms with Crippen molar-refractivity contribution in [2.24, 2.45) is 0 Å². The number of ether oxygens (including phenoxy) is 1. The molecular weight excluding hydrogens is 458 g/mol. The number of halogens is 1. The largest absolute Gasteiger partial charge is 0.496 e. The molecule has 35 heavy (non-hydrogen) atoms. The fraction of sp³-hybridized carbons (Fsp3) is 0.310. The van der Waals surface area contributed by atoms with Gasteiger partial charge in [-0.3, -0.25) is 4.79 Å². The molecule has 1 aliphatic heterocycles. The van der Waals surface area contributed by atoms with Crippen molar-refractivity contribution in [2.45, 2.75) is 38.1 Å². The van der Waals surface area contributed by atoms with E-state index in [-0.39, 0.29) is 5.91 Å². The van der Waals surface area contributed by atoms with Crippen LogP contribution < -0.4 is 10.1 Å². The molecule has 0 unspecified atom stereocenters. The molecule has 0 aromatic heterocycles. The number of anilines is 1. The highest BCUT2D eigenvalue weighted by atomic mass is 35.5. The van der Waals surface area contributed by atoms with Gasteiger partial charge in [-0.15, -0.1) is 0 Å². The number of carbonyl (C=O) groups is 1. The third-order valence-electron chi connectivity index (χ3n) is 6.89. The third-order valence-corrected chi connectivity index (χ3v) is 7.20. The zero-order valence-electron chi connectivity index (χ0n) is 20.3. The van der Waals surface area contributed by atoms with Crippen LogP contribution in [-0.2, 0) is 5.41 Å². The molecule has 180 valence electrons. The van der Waals surface area contributed by atoms with Crippen molar-refractivity contribution in [2.75, 3.05) is 25.5 Å². The van der Waals surface area contributed by atoms with Gasteiger partial charge in [0, 0.05) is 30.4 Å². The van der Waals surface area contributed by atoms with E-state index in [9.17, 15) is 10.1 Å². The van der Waals surface area contributed by atoms with Crippen LogP contribution in [0, 0.1) is 11.3 Å². The van der Waals surface area contributed by atoms with Gasteiger partial charge in [0.1, 0.15) is 5.75 Å². The maximum Gasteiger partial charge on any atom is 0.257 e. The summed E-state index contributed by atoms with van der Waals surface area (Å²) < 4.78 is 5.62. The zero-order valence-corrected chi connectivity index (χ0v) is 21.1. The van der Waals surface area contributed by atoms with E-state index in [0.717, 1.165) is 29.8 Å². The van der Waals surface area contributed by atoms with Gasteiger partial charge in [0.15, 0.2) is 0 Å². The first-order chi connectivity index (χ1) is 16.9. The van der Waals surface area contributed by atoms with Gasteiger partial charge in [0.25, 0.3) is 5.91 Å². The first-order valence-corrected chi connectivity index (χ1v) is 12.2. The van der Waals surface area contributed by atoms with Crippen LogP contribution in [0.15, 0.2) is 66.7 Å². The molecule has 1 heterocycles. The molecule has 0 aliphatic carbocycles. The average Bonchev–Trinajstić information content (AvgIpc) is 2.89. The van der Waals surface area contributed by atoms with Crippen molar-refractivity contribution in [3.63, 3.8) is 0 Å². The van der Waals surface area contributed by atoms with Crippen molar-refractivity contribution < 1.29 is 9.53 Å². The Hall–Kier alpha value is -3.33. The van der Waals surface area contributed by atoms with Crippen LogP contribution in [0.3, 0.4) is 0 Å². The Bertz CT molecular complexity index is 1240. The highest BCUT2D eigenvalue weighted by Crippen LogP contribution is 2.41. The molecule has 1 N–H and O–H groups in total. The third kappa shape index (κ3) is 5.19. The van der Waals surface area contributed by atoms with Gasteiger partial charge >= 0.3 is 0 Å². The number of carbonyl (C=O) groups excluding carboxylic acids is 1. The van der Waals surface area contributed by atoms with E-state index < -0.39 is 5.41 Å². The summed E-state index contributed by atoms with van der Waals surface area (Å²) in [5.41, 5.74) is 3.13. The number of likely N-dealkylation sites (tertiary alicyclic amines) is 1. The average molecular weight is 488 g/mol. The number of nitriles is 1. The van der Waals surface area contributed by atoms with Gasteiger partial charge in [-0.05, 0) is 68.1 Å². The first-order valence-electron chi connectivity index (χ1n) is 11.9. The number of piperidine rings is 1. The van der Waals surface area contributed by atoms with Crippen LogP contribution >= 0.6 is 11.6 Å². The lowest BCUT2D eigenvalue weighted by Gasteiger charge is -2.40. The topological polar surface area (TPSA) is 65.4 Å². The van der Waals surface area contributed by atoms with E-state index in [0.29, 0.717) is 40.9 Å². The summed E-state index contributed by atoms with van der Waals surface area (Å²) in [7, 11) is 1.61. The SMILES string of the molecule is COc1ccc(NC(=O)c2ccc(-c3ccccc3)cc2Cl)cc1C1(C#N)CCN(C(C)C)CC1. The molecule has 1 aliphatic rings. The quantitative estimate of drug-likeness (QED) is 0.429. The smallest absolute Gasteiger partial charge is 0.257 e. The first kappa shape index (κ1) is 24.8. The second-order valence-electron chi connectivity index (χ2n) is 9.25. The summed E-state index contributed by atoms with van der Waals surface area (Å²) >= 11 is 6.50. The number of methoxy groups -OCH3 is 1. The molecule has 6 heteroatoms. The minimum atomic E-state index is -0.660. The molecule has 0 bridgehead atoms. The summed E-state index contributed by atoms with van der Waals surface area (Å²) in [6.45, 7) is 6.03. The molecule has 0 saturated carbocycles. The summed E-state index contributed by atoms with van der Waals surface area (Å²) in [6.07, 6.45) is 1.42. The van der Waals surface area contributed by atoms with Gasteiger partial charge in [-0.25, -0.2) is 0 Å². The van der Waals surface area contributed by atoms with E-state index in [1.54, 1.807) is 25.3 Å². The number of amides is 1. The van der Waals surface area contributed by atoms with E-state index in [2.05, 4.69) is 30.1 Å². The maximum absolute atomic E-state index is 13.1. The van der Waals surface area contributed by atoms with Crippen molar-refractivity contribution in [3.05, 3.63) is 82.9 Å². The fourth-order valence-corrected chi connectivity index (χ4v) is 5.00. The molecule has 0 atom stereocenters. The number of rotatable bonds is 6. The number of hydrogen-bond donors (Lipinski definition) is 1. The Kier molecular flexibility index (Phi) is 7.45. The predicted octanol–water partition coefficient (Wildman–Crippen LogP) is 6.53. The zero-order chi connectivity index (χ0) is 25.0. The van der Waals surface area contributed by atoms with Crippen LogP contribution in [0.1, 0.15) is 42.6 Å². The van der Waals surface area contributed by atoms with Gasteiger partial charge < -0.3 is 15.0 Å². The monoisotopic (exact) mass is 487 g/mol. The Labute approximate surface area is 212 Å². The number of hydrogen-bond acceptors (Lipinski definition) is 4. The fourth-order valence-electron chi connectivity index (χ4n) is 4.73.